The average molecular weight is 312 g/mol. The van der Waals surface area contributed by atoms with Crippen LogP contribution in [0.5, 0.6) is 0 Å². The molecule has 0 atom stereocenters. The Labute approximate surface area is 130 Å². The molecule has 3 aromatic rings. The molecule has 0 radical (unpaired) electrons. The van der Waals surface area contributed by atoms with Crippen molar-refractivity contribution in [3.63, 3.8) is 0 Å². The number of pyridine rings is 1. The average Bonchev–Trinajstić information content (AvgIpc) is 3.03. The van der Waals surface area contributed by atoms with Gasteiger partial charge in [0.1, 0.15) is 0 Å². The molecule has 0 unspecified atom stereocenters. The maximum absolute atomic E-state index is 10.6. The van der Waals surface area contributed by atoms with Crippen LogP contribution in [0.2, 0.25) is 0 Å². The van der Waals surface area contributed by atoms with E-state index in [4.69, 9.17) is 0 Å². The molecule has 22 heavy (non-hydrogen) atoms. The number of nitro benzene ring substituents is 1. The van der Waals surface area contributed by atoms with Crippen molar-refractivity contribution in [3.05, 3.63) is 70.7 Å². The van der Waals surface area contributed by atoms with Crippen molar-refractivity contribution >= 4 is 17.4 Å². The summed E-state index contributed by atoms with van der Waals surface area (Å²) in [5, 5.41) is 11.4. The van der Waals surface area contributed by atoms with Crippen molar-refractivity contribution in [3.8, 4) is 11.3 Å². The highest BCUT2D eigenvalue weighted by molar-refractivity contribution is 7.98. The first-order chi connectivity index (χ1) is 10.7. The Balaban J connectivity index is 1.69. The van der Waals surface area contributed by atoms with Crippen molar-refractivity contribution in [2.75, 3.05) is 0 Å². The summed E-state index contributed by atoms with van der Waals surface area (Å²) in [6.45, 7) is 0. The molecule has 2 heterocycles. The number of hydrogen-bond donors (Lipinski definition) is 1. The van der Waals surface area contributed by atoms with E-state index in [1.165, 1.54) is 12.1 Å². The molecular formula is C15H12N4O2S. The molecular weight excluding hydrogens is 300 g/mol. The van der Waals surface area contributed by atoms with Crippen molar-refractivity contribution in [2.24, 2.45) is 0 Å². The van der Waals surface area contributed by atoms with Crippen molar-refractivity contribution < 1.29 is 4.92 Å². The molecule has 0 saturated carbocycles. The molecule has 0 aliphatic carbocycles. The Bertz CT molecular complexity index is 772. The lowest BCUT2D eigenvalue weighted by molar-refractivity contribution is -0.384. The smallest absolute Gasteiger partial charge is 0.269 e. The zero-order valence-electron chi connectivity index (χ0n) is 11.5. The number of imidazole rings is 1. The molecule has 1 N–H and O–H groups in total. The highest BCUT2D eigenvalue weighted by Gasteiger charge is 2.08. The number of H-pyrrole nitrogens is 1. The van der Waals surface area contributed by atoms with E-state index in [0.29, 0.717) is 0 Å². The predicted octanol–water partition coefficient (Wildman–Crippen LogP) is 3.67. The molecule has 0 spiro atoms. The topological polar surface area (TPSA) is 84.7 Å². The maximum atomic E-state index is 10.6. The molecule has 3 rings (SSSR count). The minimum absolute atomic E-state index is 0.0769. The summed E-state index contributed by atoms with van der Waals surface area (Å²) in [4.78, 5) is 22.0. The molecule has 7 heteroatoms. The van der Waals surface area contributed by atoms with Crippen LogP contribution in [-0.2, 0) is 5.75 Å². The largest absolute Gasteiger partial charge is 0.333 e. The van der Waals surface area contributed by atoms with Gasteiger partial charge in [0.15, 0.2) is 5.16 Å². The maximum Gasteiger partial charge on any atom is 0.269 e. The SMILES string of the molecule is O=[N+]([O-])c1ccc(-c2cnc(SCc3ccccn3)[nH]2)cc1. The van der Waals surface area contributed by atoms with Crippen LogP contribution in [0.15, 0.2) is 60.0 Å². The van der Waals surface area contributed by atoms with Crippen LogP contribution in [0.25, 0.3) is 11.3 Å². The first-order valence-electron chi connectivity index (χ1n) is 6.55. The van der Waals surface area contributed by atoms with Crippen LogP contribution in [0.1, 0.15) is 5.69 Å². The molecule has 0 amide bonds. The lowest BCUT2D eigenvalue weighted by Gasteiger charge is -1.98. The van der Waals surface area contributed by atoms with E-state index < -0.39 is 4.92 Å². The minimum atomic E-state index is -0.412. The molecule has 110 valence electrons. The van der Waals surface area contributed by atoms with Gasteiger partial charge >= 0.3 is 0 Å². The number of benzene rings is 1. The number of nitrogens with zero attached hydrogens (tertiary/aromatic N) is 3. The van der Waals surface area contributed by atoms with E-state index in [-0.39, 0.29) is 5.69 Å². The van der Waals surface area contributed by atoms with Gasteiger partial charge < -0.3 is 4.98 Å². The summed E-state index contributed by atoms with van der Waals surface area (Å²) in [5.74, 6) is 0.730. The van der Waals surface area contributed by atoms with Gasteiger partial charge in [-0.05, 0) is 24.3 Å². The molecule has 0 aliphatic heterocycles. The monoisotopic (exact) mass is 312 g/mol. The Morgan fingerprint density at radius 2 is 1.95 bits per heavy atom. The van der Waals surface area contributed by atoms with Crippen molar-refractivity contribution in [1.29, 1.82) is 0 Å². The van der Waals surface area contributed by atoms with Gasteiger partial charge in [0.25, 0.3) is 5.69 Å². The molecule has 0 saturated heterocycles. The lowest BCUT2D eigenvalue weighted by atomic mass is 10.1. The second-order valence-corrected chi connectivity index (χ2v) is 5.48. The van der Waals surface area contributed by atoms with Crippen LogP contribution in [0.4, 0.5) is 5.69 Å². The van der Waals surface area contributed by atoms with Gasteiger partial charge in [-0.3, -0.25) is 15.1 Å². The van der Waals surface area contributed by atoms with Crippen LogP contribution >= 0.6 is 11.8 Å². The number of nitrogens with one attached hydrogen (secondary N) is 1. The molecule has 0 aliphatic rings. The lowest BCUT2D eigenvalue weighted by Crippen LogP contribution is -1.87. The highest BCUT2D eigenvalue weighted by atomic mass is 32.2. The standard InChI is InChI=1S/C15H12N4O2S/c20-19(21)13-6-4-11(5-7-13)14-9-17-15(18-14)22-10-12-3-1-2-8-16-12/h1-9H,10H2,(H,17,18). The molecule has 1 aromatic carbocycles. The fourth-order valence-corrected chi connectivity index (χ4v) is 2.68. The van der Waals surface area contributed by atoms with Gasteiger partial charge in [-0.25, -0.2) is 4.98 Å². The summed E-state index contributed by atoms with van der Waals surface area (Å²) in [5.41, 5.74) is 2.76. The zero-order chi connectivity index (χ0) is 15.4. The van der Waals surface area contributed by atoms with Gasteiger partial charge in [0.05, 0.1) is 22.5 Å². The normalized spacial score (nSPS) is 10.5. The summed E-state index contributed by atoms with van der Waals surface area (Å²) >= 11 is 1.56. The number of thioether (sulfide) groups is 1. The zero-order valence-corrected chi connectivity index (χ0v) is 12.3. The number of hydrogen-bond acceptors (Lipinski definition) is 5. The van der Waals surface area contributed by atoms with E-state index in [1.807, 2.05) is 18.2 Å². The Kier molecular flexibility index (Phi) is 4.15. The summed E-state index contributed by atoms with van der Waals surface area (Å²) in [6.07, 6.45) is 3.49. The molecule has 6 nitrogen and oxygen atoms in total. The predicted molar refractivity (Wildman–Crippen MR) is 84.5 cm³/mol. The van der Waals surface area contributed by atoms with E-state index in [0.717, 1.165) is 27.9 Å². The van der Waals surface area contributed by atoms with Crippen LogP contribution in [0, 0.1) is 10.1 Å². The van der Waals surface area contributed by atoms with Crippen LogP contribution < -0.4 is 0 Å². The fourth-order valence-electron chi connectivity index (χ4n) is 1.91. The van der Waals surface area contributed by atoms with E-state index in [1.54, 1.807) is 36.3 Å². The van der Waals surface area contributed by atoms with Gasteiger partial charge in [-0.15, -0.1) is 0 Å². The first-order valence-corrected chi connectivity index (χ1v) is 7.53. The first kappa shape index (κ1) is 14.3. The Morgan fingerprint density at radius 3 is 2.64 bits per heavy atom. The fraction of sp³-hybridized carbons (Fsp3) is 0.0667. The Morgan fingerprint density at radius 1 is 1.14 bits per heavy atom. The van der Waals surface area contributed by atoms with E-state index in [2.05, 4.69) is 15.0 Å². The summed E-state index contributed by atoms with van der Waals surface area (Å²) in [7, 11) is 0. The highest BCUT2D eigenvalue weighted by Crippen LogP contribution is 2.24. The second kappa shape index (κ2) is 6.40. The third kappa shape index (κ3) is 3.32. The minimum Gasteiger partial charge on any atom is -0.333 e. The van der Waals surface area contributed by atoms with Crippen LogP contribution in [0.3, 0.4) is 0 Å². The summed E-state index contributed by atoms with van der Waals surface area (Å²) < 4.78 is 0. The third-order valence-electron chi connectivity index (χ3n) is 3.02. The van der Waals surface area contributed by atoms with Gasteiger partial charge in [-0.1, -0.05) is 17.8 Å². The number of rotatable bonds is 5. The number of nitro groups is 1. The van der Waals surface area contributed by atoms with Gasteiger partial charge in [0, 0.05) is 29.6 Å². The number of aromatic amines is 1. The Hall–Kier alpha value is -2.67. The van der Waals surface area contributed by atoms with Gasteiger partial charge in [-0.2, -0.15) is 0 Å². The van der Waals surface area contributed by atoms with Gasteiger partial charge in [0.2, 0.25) is 0 Å². The summed E-state index contributed by atoms with van der Waals surface area (Å²) in [6, 6.07) is 12.2. The molecule has 0 bridgehead atoms. The molecule has 0 fully saturated rings. The van der Waals surface area contributed by atoms with Crippen molar-refractivity contribution in [2.45, 2.75) is 10.9 Å². The number of aromatic nitrogens is 3. The third-order valence-corrected chi connectivity index (χ3v) is 3.95. The number of non-ortho nitro benzene ring substituents is 1. The quantitative estimate of drug-likeness (QED) is 0.441. The van der Waals surface area contributed by atoms with E-state index in [9.17, 15) is 10.1 Å². The van der Waals surface area contributed by atoms with Crippen molar-refractivity contribution in [1.82, 2.24) is 15.0 Å². The second-order valence-electron chi connectivity index (χ2n) is 4.52. The van der Waals surface area contributed by atoms with E-state index >= 15 is 0 Å². The molecule has 2 aromatic heterocycles. The van der Waals surface area contributed by atoms with Crippen LogP contribution in [-0.4, -0.2) is 19.9 Å².